The molecule has 2 fully saturated rings. The number of carbonyl (C=O) groups is 2. The van der Waals surface area contributed by atoms with Gasteiger partial charge in [0.25, 0.3) is 0 Å². The van der Waals surface area contributed by atoms with Gasteiger partial charge in [-0.25, -0.2) is 9.37 Å². The highest BCUT2D eigenvalue weighted by atomic mass is 19.1. The number of Topliss-reactive ketones (excluding diaryl/α,β-unsaturated/α-hetero) is 1. The van der Waals surface area contributed by atoms with E-state index < -0.39 is 0 Å². The van der Waals surface area contributed by atoms with Gasteiger partial charge >= 0.3 is 5.97 Å². The van der Waals surface area contributed by atoms with Crippen LogP contribution >= 0.6 is 0 Å². The molecule has 1 aromatic carbocycles. The molecule has 204 valence electrons. The van der Waals surface area contributed by atoms with E-state index >= 15 is 4.39 Å². The van der Waals surface area contributed by atoms with Crippen LogP contribution in [0.5, 0.6) is 0 Å². The van der Waals surface area contributed by atoms with Gasteiger partial charge in [0.05, 0.1) is 23.9 Å². The number of methoxy groups -OCH3 is 1. The highest BCUT2D eigenvalue weighted by Gasteiger charge is 2.34. The summed E-state index contributed by atoms with van der Waals surface area (Å²) < 4.78 is 25.8. The second-order valence-electron chi connectivity index (χ2n) is 11.0. The van der Waals surface area contributed by atoms with Crippen molar-refractivity contribution in [2.45, 2.75) is 83.7 Å². The Labute approximate surface area is 222 Å². The minimum absolute atomic E-state index is 0.0174. The first-order valence-corrected chi connectivity index (χ1v) is 13.8. The Kier molecular flexibility index (Phi) is 7.93. The fourth-order valence-corrected chi connectivity index (χ4v) is 6.26. The number of carbonyl (C=O) groups excluding carboxylic acids is 2. The first-order chi connectivity index (χ1) is 18.4. The highest BCUT2D eigenvalue weighted by molar-refractivity contribution is 5.97. The van der Waals surface area contributed by atoms with Gasteiger partial charge in [0.15, 0.2) is 11.6 Å². The quantitative estimate of drug-likeness (QED) is 0.288. The van der Waals surface area contributed by atoms with Gasteiger partial charge < -0.3 is 14.2 Å². The molecule has 1 saturated carbocycles. The second-order valence-corrected chi connectivity index (χ2v) is 11.0. The van der Waals surface area contributed by atoms with Gasteiger partial charge in [-0.15, -0.1) is 0 Å². The molecule has 0 unspecified atom stereocenters. The SMILES string of the molecule is CCc1nocc1C(=O)C[C@H](c1nc2c(F)c(CN3CCC[C@H]3C(=O)OC)ccc2[nH]1)C1CCC(C)CC1. The van der Waals surface area contributed by atoms with Gasteiger partial charge in [0.2, 0.25) is 0 Å². The van der Waals surface area contributed by atoms with E-state index in [1.165, 1.54) is 13.4 Å². The summed E-state index contributed by atoms with van der Waals surface area (Å²) in [6, 6.07) is 3.27. The van der Waals surface area contributed by atoms with Crippen LogP contribution in [0, 0.1) is 17.7 Å². The maximum Gasteiger partial charge on any atom is 0.323 e. The number of rotatable bonds is 9. The first kappa shape index (κ1) is 26.5. The Balaban J connectivity index is 1.43. The van der Waals surface area contributed by atoms with Gasteiger partial charge in [-0.1, -0.05) is 37.9 Å². The normalized spacial score (nSPS) is 23.1. The van der Waals surface area contributed by atoms with Crippen molar-refractivity contribution in [2.75, 3.05) is 13.7 Å². The smallest absolute Gasteiger partial charge is 0.323 e. The molecule has 8 nitrogen and oxygen atoms in total. The number of aromatic nitrogens is 3. The summed E-state index contributed by atoms with van der Waals surface area (Å²) in [7, 11) is 1.39. The number of benzene rings is 1. The minimum atomic E-state index is -0.379. The van der Waals surface area contributed by atoms with Gasteiger partial charge in [-0.05, 0) is 56.6 Å². The number of ether oxygens (including phenoxy) is 1. The largest absolute Gasteiger partial charge is 0.468 e. The number of aromatic amines is 1. The molecule has 1 aliphatic heterocycles. The predicted molar refractivity (Wildman–Crippen MR) is 140 cm³/mol. The molecule has 1 aliphatic carbocycles. The molecule has 3 heterocycles. The molecule has 1 saturated heterocycles. The lowest BCUT2D eigenvalue weighted by molar-refractivity contribution is -0.146. The predicted octanol–water partition coefficient (Wildman–Crippen LogP) is 5.57. The topological polar surface area (TPSA) is 101 Å². The Morgan fingerprint density at radius 2 is 2.03 bits per heavy atom. The zero-order chi connectivity index (χ0) is 26.8. The minimum Gasteiger partial charge on any atom is -0.468 e. The number of esters is 1. The number of hydrogen-bond donors (Lipinski definition) is 1. The fraction of sp³-hybridized carbons (Fsp3) is 0.586. The lowest BCUT2D eigenvalue weighted by Gasteiger charge is -2.31. The maximum atomic E-state index is 15.8. The van der Waals surface area contributed by atoms with Crippen LogP contribution < -0.4 is 0 Å². The number of nitrogens with zero attached hydrogens (tertiary/aromatic N) is 3. The van der Waals surface area contributed by atoms with Crippen LogP contribution in [0.25, 0.3) is 11.0 Å². The lowest BCUT2D eigenvalue weighted by Crippen LogP contribution is -2.36. The van der Waals surface area contributed by atoms with Crippen LogP contribution in [0.15, 0.2) is 22.9 Å². The number of likely N-dealkylation sites (tertiary alicyclic amines) is 1. The molecular formula is C29H37FN4O4. The van der Waals surface area contributed by atoms with E-state index in [0.717, 1.165) is 38.6 Å². The molecule has 0 spiro atoms. The van der Waals surface area contributed by atoms with E-state index in [1.807, 2.05) is 17.9 Å². The van der Waals surface area contributed by atoms with Gasteiger partial charge in [-0.3, -0.25) is 14.5 Å². The van der Waals surface area contributed by atoms with E-state index in [-0.39, 0.29) is 47.4 Å². The molecule has 9 heteroatoms. The van der Waals surface area contributed by atoms with Crippen molar-refractivity contribution in [3.05, 3.63) is 46.9 Å². The van der Waals surface area contributed by atoms with Gasteiger partial charge in [0.1, 0.15) is 23.6 Å². The van der Waals surface area contributed by atoms with Crippen LogP contribution in [-0.2, 0) is 22.5 Å². The number of ketones is 1. The average molecular weight is 525 g/mol. The zero-order valence-electron chi connectivity index (χ0n) is 22.5. The van der Waals surface area contributed by atoms with Crippen molar-refractivity contribution < 1.29 is 23.2 Å². The van der Waals surface area contributed by atoms with Crippen LogP contribution in [0.2, 0.25) is 0 Å². The van der Waals surface area contributed by atoms with E-state index in [0.29, 0.717) is 53.5 Å². The molecule has 2 aromatic heterocycles. The van der Waals surface area contributed by atoms with Crippen LogP contribution in [0.1, 0.15) is 92.2 Å². The van der Waals surface area contributed by atoms with Gasteiger partial charge in [-0.2, -0.15) is 0 Å². The van der Waals surface area contributed by atoms with Crippen molar-refractivity contribution in [3.63, 3.8) is 0 Å². The second kappa shape index (κ2) is 11.4. The van der Waals surface area contributed by atoms with Crippen molar-refractivity contribution in [3.8, 4) is 0 Å². The van der Waals surface area contributed by atoms with Crippen LogP contribution in [-0.4, -0.2) is 51.5 Å². The number of fused-ring (bicyclic) bond motifs is 1. The van der Waals surface area contributed by atoms with E-state index in [9.17, 15) is 9.59 Å². The van der Waals surface area contributed by atoms with Crippen molar-refractivity contribution >= 4 is 22.8 Å². The monoisotopic (exact) mass is 524 g/mol. The molecule has 2 aliphatic rings. The Hall–Kier alpha value is -3.07. The van der Waals surface area contributed by atoms with Gasteiger partial charge in [0, 0.05) is 24.4 Å². The number of imidazole rings is 1. The third kappa shape index (κ3) is 5.25. The zero-order valence-corrected chi connectivity index (χ0v) is 22.5. The molecule has 5 rings (SSSR count). The summed E-state index contributed by atoms with van der Waals surface area (Å²) in [5, 5.41) is 3.98. The Morgan fingerprint density at radius 1 is 1.24 bits per heavy atom. The summed E-state index contributed by atoms with van der Waals surface area (Å²) >= 11 is 0. The molecule has 3 aromatic rings. The molecule has 38 heavy (non-hydrogen) atoms. The summed E-state index contributed by atoms with van der Waals surface area (Å²) in [4.78, 5) is 35.6. The summed E-state index contributed by atoms with van der Waals surface area (Å²) in [5.74, 6) is 0.793. The summed E-state index contributed by atoms with van der Waals surface area (Å²) in [6.07, 6.45) is 8.16. The molecule has 0 radical (unpaired) electrons. The van der Waals surface area contributed by atoms with Crippen molar-refractivity contribution in [1.29, 1.82) is 0 Å². The maximum absolute atomic E-state index is 15.8. The van der Waals surface area contributed by atoms with Crippen LogP contribution in [0.4, 0.5) is 4.39 Å². The number of halogens is 1. The Bertz CT molecular complexity index is 1290. The molecule has 1 N–H and O–H groups in total. The standard InChI is InChI=1S/C29H37FN4O4/c1-4-22-21(16-38-33-22)25(35)14-20(18-9-7-17(2)8-10-18)28-31-23-12-11-19(26(30)27(23)32-28)15-34-13-5-6-24(34)29(36)37-3/h11-12,16-18,20,24H,4-10,13-15H2,1-3H3,(H,31,32)/t17?,18?,20-,24-/m0/s1. The van der Waals surface area contributed by atoms with E-state index in [1.54, 1.807) is 6.07 Å². The van der Waals surface area contributed by atoms with E-state index in [4.69, 9.17) is 14.2 Å². The molecule has 0 amide bonds. The molecule has 0 bridgehead atoms. The van der Waals surface area contributed by atoms with Crippen LogP contribution in [0.3, 0.4) is 0 Å². The van der Waals surface area contributed by atoms with E-state index in [2.05, 4.69) is 17.1 Å². The highest BCUT2D eigenvalue weighted by Crippen LogP contribution is 2.40. The number of aryl methyl sites for hydroxylation is 1. The molecule has 2 atom stereocenters. The summed E-state index contributed by atoms with van der Waals surface area (Å²) in [5.41, 5.74) is 2.60. The number of hydrogen-bond acceptors (Lipinski definition) is 7. The number of nitrogens with one attached hydrogen (secondary N) is 1. The Morgan fingerprint density at radius 3 is 2.76 bits per heavy atom. The van der Waals surface area contributed by atoms with Crippen molar-refractivity contribution in [1.82, 2.24) is 20.0 Å². The average Bonchev–Trinajstić information content (AvgIpc) is 3.68. The lowest BCUT2D eigenvalue weighted by atomic mass is 9.74. The third-order valence-corrected chi connectivity index (χ3v) is 8.57. The number of H-pyrrole nitrogens is 1. The van der Waals surface area contributed by atoms with Crippen molar-refractivity contribution in [2.24, 2.45) is 11.8 Å². The molecular weight excluding hydrogens is 487 g/mol. The summed E-state index contributed by atoms with van der Waals surface area (Å²) in [6.45, 7) is 5.25. The first-order valence-electron chi connectivity index (χ1n) is 13.8. The fourth-order valence-electron chi connectivity index (χ4n) is 6.26. The third-order valence-electron chi connectivity index (χ3n) is 8.57.